The summed E-state index contributed by atoms with van der Waals surface area (Å²) in [5.74, 6) is 1.01. The molecule has 13 heavy (non-hydrogen) atoms. The lowest BCUT2D eigenvalue weighted by Gasteiger charge is -2.21. The lowest BCUT2D eigenvalue weighted by molar-refractivity contribution is 0.474. The Kier molecular flexibility index (Phi) is 1.33. The highest BCUT2D eigenvalue weighted by molar-refractivity contribution is 5.82. The molecule has 0 saturated carbocycles. The molecule has 0 saturated heterocycles. The van der Waals surface area contributed by atoms with Crippen LogP contribution >= 0.6 is 0 Å². The monoisotopic (exact) mass is 170 g/mol. The Morgan fingerprint density at radius 1 is 1.23 bits per heavy atom. The quantitative estimate of drug-likeness (QED) is 0.581. The van der Waals surface area contributed by atoms with Gasteiger partial charge in [-0.2, -0.15) is 0 Å². The zero-order valence-corrected chi connectivity index (χ0v) is 7.29. The molecule has 64 valence electrons. The number of hydrogen-bond acceptors (Lipinski definition) is 1. The van der Waals surface area contributed by atoms with E-state index in [2.05, 4.69) is 18.2 Å². The van der Waals surface area contributed by atoms with Crippen molar-refractivity contribution in [2.75, 3.05) is 0 Å². The van der Waals surface area contributed by atoms with Crippen molar-refractivity contribution in [3.63, 3.8) is 0 Å². The van der Waals surface area contributed by atoms with Crippen LogP contribution in [0, 0.1) is 0 Å². The fraction of sp³-hybridized carbons (Fsp3) is 0.167. The smallest absolute Gasteiger partial charge is 0.134 e. The fourth-order valence-electron chi connectivity index (χ4n) is 2.03. The molecule has 0 fully saturated rings. The molecule has 0 aromatic heterocycles. The second-order valence-electron chi connectivity index (χ2n) is 3.41. The molecule has 1 aliphatic heterocycles. The van der Waals surface area contributed by atoms with Gasteiger partial charge in [-0.05, 0) is 36.1 Å². The highest BCUT2D eigenvalue weighted by Crippen LogP contribution is 2.37. The Labute approximate surface area is 77.3 Å². The van der Waals surface area contributed by atoms with Crippen molar-refractivity contribution < 1.29 is 4.74 Å². The first-order chi connectivity index (χ1) is 6.45. The van der Waals surface area contributed by atoms with Crippen molar-refractivity contribution in [2.24, 2.45) is 0 Å². The topological polar surface area (TPSA) is 9.23 Å². The van der Waals surface area contributed by atoms with Crippen molar-refractivity contribution in [3.05, 3.63) is 47.7 Å². The van der Waals surface area contributed by atoms with Gasteiger partial charge in [0.1, 0.15) is 5.75 Å². The molecule has 1 aromatic rings. The highest BCUT2D eigenvalue weighted by atomic mass is 16.5. The van der Waals surface area contributed by atoms with Crippen LogP contribution in [0.15, 0.2) is 36.6 Å². The maximum atomic E-state index is 5.45. The van der Waals surface area contributed by atoms with Crippen molar-refractivity contribution in [2.45, 2.75) is 12.8 Å². The molecular weight excluding hydrogens is 160 g/mol. The van der Waals surface area contributed by atoms with E-state index in [1.807, 2.05) is 12.1 Å². The molecule has 0 radical (unpaired) electrons. The maximum Gasteiger partial charge on any atom is 0.134 e. The first kappa shape index (κ1) is 6.96. The minimum absolute atomic E-state index is 1.01. The van der Waals surface area contributed by atoms with Crippen LogP contribution in [0.1, 0.15) is 17.5 Å². The Morgan fingerprint density at radius 2 is 2.23 bits per heavy atom. The lowest BCUT2D eigenvalue weighted by atomic mass is 9.89. The Morgan fingerprint density at radius 3 is 3.23 bits per heavy atom. The van der Waals surface area contributed by atoms with E-state index < -0.39 is 0 Å². The third-order valence-electron chi connectivity index (χ3n) is 2.62. The normalized spacial score (nSPS) is 17.4. The third kappa shape index (κ3) is 0.934. The first-order valence-electron chi connectivity index (χ1n) is 4.61. The molecule has 2 aliphatic rings. The van der Waals surface area contributed by atoms with Crippen LogP contribution < -0.4 is 4.74 Å². The molecule has 1 nitrogen and oxygen atoms in total. The third-order valence-corrected chi connectivity index (χ3v) is 2.62. The molecule has 0 bridgehead atoms. The van der Waals surface area contributed by atoms with Gasteiger partial charge >= 0.3 is 0 Å². The molecule has 3 rings (SSSR count). The van der Waals surface area contributed by atoms with Crippen molar-refractivity contribution in [1.29, 1.82) is 0 Å². The average Bonchev–Trinajstić information content (AvgIpc) is 2.19. The largest absolute Gasteiger partial charge is 0.464 e. The first-order valence-corrected chi connectivity index (χ1v) is 4.61. The number of benzene rings is 1. The summed E-state index contributed by atoms with van der Waals surface area (Å²) in [6, 6.07) is 6.28. The van der Waals surface area contributed by atoms with Gasteiger partial charge in [-0.25, -0.2) is 0 Å². The molecule has 0 atom stereocenters. The van der Waals surface area contributed by atoms with Crippen LogP contribution in [-0.4, -0.2) is 0 Å². The van der Waals surface area contributed by atoms with Crippen LogP contribution in [0.25, 0.3) is 5.57 Å². The van der Waals surface area contributed by atoms with E-state index in [-0.39, 0.29) is 0 Å². The molecule has 0 spiro atoms. The van der Waals surface area contributed by atoms with E-state index in [0.717, 1.165) is 18.6 Å². The summed E-state index contributed by atoms with van der Waals surface area (Å²) in [4.78, 5) is 0. The van der Waals surface area contributed by atoms with Gasteiger partial charge in [0.2, 0.25) is 0 Å². The second-order valence-corrected chi connectivity index (χ2v) is 3.41. The lowest BCUT2D eigenvalue weighted by Crippen LogP contribution is -2.04. The molecule has 1 aliphatic carbocycles. The van der Waals surface area contributed by atoms with Gasteiger partial charge in [-0.3, -0.25) is 0 Å². The van der Waals surface area contributed by atoms with Gasteiger partial charge in [0.15, 0.2) is 0 Å². The molecule has 1 heteroatoms. The number of rotatable bonds is 0. The van der Waals surface area contributed by atoms with E-state index in [1.54, 1.807) is 6.26 Å². The van der Waals surface area contributed by atoms with Crippen molar-refractivity contribution in [3.8, 4) is 5.75 Å². The molecule has 0 amide bonds. The van der Waals surface area contributed by atoms with Gasteiger partial charge in [0, 0.05) is 5.56 Å². The summed E-state index contributed by atoms with van der Waals surface area (Å²) < 4.78 is 5.45. The number of allylic oxidation sites excluding steroid dienone is 3. The number of hydrogen-bond donors (Lipinski definition) is 0. The average molecular weight is 170 g/mol. The van der Waals surface area contributed by atoms with Crippen LogP contribution in [0.3, 0.4) is 0 Å². The summed E-state index contributed by atoms with van der Waals surface area (Å²) in [7, 11) is 0. The van der Waals surface area contributed by atoms with E-state index in [9.17, 15) is 0 Å². The molecule has 0 unspecified atom stereocenters. The van der Waals surface area contributed by atoms with Crippen LogP contribution in [-0.2, 0) is 6.42 Å². The van der Waals surface area contributed by atoms with Crippen LogP contribution in [0.5, 0.6) is 5.75 Å². The zero-order valence-electron chi connectivity index (χ0n) is 7.29. The van der Waals surface area contributed by atoms with Gasteiger partial charge in [0.05, 0.1) is 6.26 Å². The Hall–Kier alpha value is -1.50. The van der Waals surface area contributed by atoms with Gasteiger partial charge < -0.3 is 4.74 Å². The summed E-state index contributed by atoms with van der Waals surface area (Å²) >= 11 is 0. The van der Waals surface area contributed by atoms with Crippen molar-refractivity contribution in [1.82, 2.24) is 0 Å². The molecule has 0 N–H and O–H groups in total. The van der Waals surface area contributed by atoms with Crippen LogP contribution in [0.2, 0.25) is 0 Å². The Bertz CT molecular complexity index is 413. The zero-order chi connectivity index (χ0) is 8.67. The standard InChI is InChI=1S/C12H10O/c1-3-9-5-2-6-11-12(9)10(4-1)7-8-13-11/h2,4-8H,1,3H2. The minimum atomic E-state index is 1.01. The summed E-state index contributed by atoms with van der Waals surface area (Å²) in [6.07, 6.45) is 8.39. The van der Waals surface area contributed by atoms with Crippen molar-refractivity contribution >= 4 is 5.57 Å². The van der Waals surface area contributed by atoms with Gasteiger partial charge in [0.25, 0.3) is 0 Å². The van der Waals surface area contributed by atoms with E-state index in [0.29, 0.717) is 0 Å². The summed E-state index contributed by atoms with van der Waals surface area (Å²) in [5, 5.41) is 0. The van der Waals surface area contributed by atoms with E-state index in [1.165, 1.54) is 16.7 Å². The molecule has 1 heterocycles. The Balaban J connectivity index is 2.32. The SMILES string of the molecule is C1=CC2=CCCc3cccc(c32)O1. The second kappa shape index (κ2) is 2.49. The fourth-order valence-corrected chi connectivity index (χ4v) is 2.03. The molecule has 1 aromatic carbocycles. The predicted molar refractivity (Wildman–Crippen MR) is 52.5 cm³/mol. The minimum Gasteiger partial charge on any atom is -0.464 e. The number of ether oxygens (including phenoxy) is 1. The highest BCUT2D eigenvalue weighted by Gasteiger charge is 2.17. The maximum absolute atomic E-state index is 5.45. The van der Waals surface area contributed by atoms with E-state index >= 15 is 0 Å². The van der Waals surface area contributed by atoms with Crippen LogP contribution in [0.4, 0.5) is 0 Å². The predicted octanol–water partition coefficient (Wildman–Crippen LogP) is 2.92. The summed E-state index contributed by atoms with van der Waals surface area (Å²) in [5.41, 5.74) is 4.04. The van der Waals surface area contributed by atoms with Gasteiger partial charge in [-0.1, -0.05) is 18.2 Å². The number of aryl methyl sites for hydroxylation is 1. The molecular formula is C12H10O. The summed E-state index contributed by atoms with van der Waals surface area (Å²) in [6.45, 7) is 0. The van der Waals surface area contributed by atoms with Gasteiger partial charge in [-0.15, -0.1) is 0 Å². The van der Waals surface area contributed by atoms with E-state index in [4.69, 9.17) is 4.74 Å².